The highest BCUT2D eigenvalue weighted by Gasteiger charge is 2.28. The van der Waals surface area contributed by atoms with Gasteiger partial charge in [0.15, 0.2) is 0 Å². The van der Waals surface area contributed by atoms with E-state index in [1.165, 1.54) is 32.1 Å². The number of hydrogen-bond acceptors (Lipinski definition) is 2. The molecule has 2 atom stereocenters. The molecule has 1 aliphatic carbocycles. The zero-order valence-corrected chi connectivity index (χ0v) is 10.2. The number of nitrogens with one attached hydrogen (secondary N) is 1. The molecule has 2 fully saturated rings. The molecule has 0 unspecified atom stereocenters. The summed E-state index contributed by atoms with van der Waals surface area (Å²) < 4.78 is 5.38. The molecule has 0 aromatic rings. The van der Waals surface area contributed by atoms with E-state index in [2.05, 4.69) is 19.2 Å². The van der Waals surface area contributed by atoms with Gasteiger partial charge in [0.2, 0.25) is 0 Å². The fourth-order valence-corrected chi connectivity index (χ4v) is 2.97. The Morgan fingerprint density at radius 3 is 2.33 bits per heavy atom. The van der Waals surface area contributed by atoms with Crippen molar-refractivity contribution in [3.8, 4) is 0 Å². The highest BCUT2D eigenvalue weighted by Crippen LogP contribution is 2.31. The van der Waals surface area contributed by atoms with Crippen molar-refractivity contribution < 1.29 is 4.74 Å². The van der Waals surface area contributed by atoms with Crippen molar-refractivity contribution in [3.63, 3.8) is 0 Å². The van der Waals surface area contributed by atoms with E-state index in [9.17, 15) is 0 Å². The molecule has 0 bridgehead atoms. The van der Waals surface area contributed by atoms with E-state index in [4.69, 9.17) is 4.74 Å². The third-order valence-electron chi connectivity index (χ3n) is 4.11. The van der Waals surface area contributed by atoms with Crippen LogP contribution in [0, 0.1) is 11.8 Å². The van der Waals surface area contributed by atoms with Crippen LogP contribution in [0.2, 0.25) is 0 Å². The van der Waals surface area contributed by atoms with Crippen molar-refractivity contribution in [1.82, 2.24) is 5.32 Å². The van der Waals surface area contributed by atoms with Crippen LogP contribution in [-0.4, -0.2) is 25.3 Å². The van der Waals surface area contributed by atoms with Gasteiger partial charge in [-0.15, -0.1) is 0 Å². The maximum atomic E-state index is 5.38. The minimum absolute atomic E-state index is 0.731. The molecule has 0 aromatic carbocycles. The van der Waals surface area contributed by atoms with Crippen LogP contribution in [0.5, 0.6) is 0 Å². The number of rotatable bonds is 3. The molecule has 88 valence electrons. The van der Waals surface area contributed by atoms with E-state index >= 15 is 0 Å². The fourth-order valence-electron chi connectivity index (χ4n) is 2.97. The molecule has 1 saturated carbocycles. The predicted octanol–water partition coefficient (Wildman–Crippen LogP) is 2.58. The summed E-state index contributed by atoms with van der Waals surface area (Å²) in [5.74, 6) is 1.83. The first-order chi connectivity index (χ1) is 7.25. The van der Waals surface area contributed by atoms with Crippen molar-refractivity contribution >= 4 is 0 Å². The second kappa shape index (κ2) is 5.31. The molecular weight excluding hydrogens is 186 g/mol. The van der Waals surface area contributed by atoms with Gasteiger partial charge in [-0.05, 0) is 43.9 Å². The molecule has 0 radical (unpaired) electrons. The Morgan fingerprint density at radius 1 is 1.00 bits per heavy atom. The lowest BCUT2D eigenvalue weighted by atomic mass is 9.94. The van der Waals surface area contributed by atoms with E-state index < -0.39 is 0 Å². The van der Waals surface area contributed by atoms with Gasteiger partial charge in [-0.2, -0.15) is 0 Å². The highest BCUT2D eigenvalue weighted by atomic mass is 16.5. The average Bonchev–Trinajstić information content (AvgIpc) is 2.68. The monoisotopic (exact) mass is 211 g/mol. The van der Waals surface area contributed by atoms with Crippen LogP contribution in [0.25, 0.3) is 0 Å². The summed E-state index contributed by atoms with van der Waals surface area (Å²) >= 11 is 0. The van der Waals surface area contributed by atoms with Crippen LogP contribution in [0.1, 0.15) is 46.0 Å². The molecule has 1 N–H and O–H groups in total. The van der Waals surface area contributed by atoms with Gasteiger partial charge in [0, 0.05) is 25.3 Å². The summed E-state index contributed by atoms with van der Waals surface area (Å²) in [5.41, 5.74) is 0. The largest absolute Gasteiger partial charge is 0.381 e. The summed E-state index contributed by atoms with van der Waals surface area (Å²) in [7, 11) is 0. The molecule has 1 aliphatic heterocycles. The molecule has 0 amide bonds. The maximum Gasteiger partial charge on any atom is 0.0480 e. The van der Waals surface area contributed by atoms with Crippen molar-refractivity contribution in [2.24, 2.45) is 11.8 Å². The molecule has 2 aliphatic rings. The molecule has 1 saturated heterocycles. The Kier molecular flexibility index (Phi) is 4.04. The van der Waals surface area contributed by atoms with Gasteiger partial charge in [0.05, 0.1) is 0 Å². The van der Waals surface area contributed by atoms with Crippen molar-refractivity contribution in [3.05, 3.63) is 0 Å². The van der Waals surface area contributed by atoms with Crippen molar-refractivity contribution in [2.75, 3.05) is 13.2 Å². The first-order valence-electron chi connectivity index (χ1n) is 6.59. The summed E-state index contributed by atoms with van der Waals surface area (Å²) in [6, 6.07) is 1.52. The SMILES string of the molecule is CC(C)[C@@H]1CC[C@@H](NC2CCOCC2)C1. The third kappa shape index (κ3) is 3.18. The Hall–Kier alpha value is -0.0800. The van der Waals surface area contributed by atoms with E-state index in [1.807, 2.05) is 0 Å². The van der Waals surface area contributed by atoms with E-state index in [-0.39, 0.29) is 0 Å². The lowest BCUT2D eigenvalue weighted by molar-refractivity contribution is 0.0748. The smallest absolute Gasteiger partial charge is 0.0480 e. The molecular formula is C13H25NO. The molecule has 2 heteroatoms. The second-order valence-electron chi connectivity index (χ2n) is 5.57. The summed E-state index contributed by atoms with van der Waals surface area (Å²) in [5, 5.41) is 3.82. The second-order valence-corrected chi connectivity index (χ2v) is 5.57. The topological polar surface area (TPSA) is 21.3 Å². The molecule has 0 aromatic heterocycles. The van der Waals surface area contributed by atoms with Gasteiger partial charge in [0.1, 0.15) is 0 Å². The van der Waals surface area contributed by atoms with E-state index in [1.54, 1.807) is 0 Å². The highest BCUT2D eigenvalue weighted by molar-refractivity contribution is 4.85. The Morgan fingerprint density at radius 2 is 1.73 bits per heavy atom. The van der Waals surface area contributed by atoms with Gasteiger partial charge in [-0.3, -0.25) is 0 Å². The Bertz CT molecular complexity index is 187. The Labute approximate surface area is 93.8 Å². The van der Waals surface area contributed by atoms with Crippen LogP contribution in [-0.2, 0) is 4.74 Å². The van der Waals surface area contributed by atoms with Crippen molar-refractivity contribution in [2.45, 2.75) is 58.0 Å². The third-order valence-corrected chi connectivity index (χ3v) is 4.11. The maximum absolute atomic E-state index is 5.38. The van der Waals surface area contributed by atoms with Gasteiger partial charge in [-0.1, -0.05) is 13.8 Å². The molecule has 2 nitrogen and oxygen atoms in total. The minimum atomic E-state index is 0.731. The predicted molar refractivity (Wildman–Crippen MR) is 62.9 cm³/mol. The lowest BCUT2D eigenvalue weighted by Crippen LogP contribution is -2.40. The number of hydrogen-bond donors (Lipinski definition) is 1. The Balaban J connectivity index is 1.71. The van der Waals surface area contributed by atoms with E-state index in [0.717, 1.165) is 37.1 Å². The van der Waals surface area contributed by atoms with Crippen LogP contribution in [0.15, 0.2) is 0 Å². The van der Waals surface area contributed by atoms with Crippen LogP contribution < -0.4 is 5.32 Å². The fraction of sp³-hybridized carbons (Fsp3) is 1.00. The van der Waals surface area contributed by atoms with Crippen LogP contribution in [0.3, 0.4) is 0 Å². The lowest BCUT2D eigenvalue weighted by Gasteiger charge is -2.27. The van der Waals surface area contributed by atoms with Crippen LogP contribution in [0.4, 0.5) is 0 Å². The molecule has 15 heavy (non-hydrogen) atoms. The van der Waals surface area contributed by atoms with Gasteiger partial charge < -0.3 is 10.1 Å². The standard InChI is InChI=1S/C13H25NO/c1-10(2)11-3-4-13(9-11)14-12-5-7-15-8-6-12/h10-14H,3-9H2,1-2H3/t11-,13-/m1/s1. The quantitative estimate of drug-likeness (QED) is 0.774. The summed E-state index contributed by atoms with van der Waals surface area (Å²) in [4.78, 5) is 0. The van der Waals surface area contributed by atoms with Gasteiger partial charge in [-0.25, -0.2) is 0 Å². The zero-order valence-electron chi connectivity index (χ0n) is 10.2. The molecule has 0 spiro atoms. The summed E-state index contributed by atoms with van der Waals surface area (Å²) in [6.45, 7) is 6.64. The van der Waals surface area contributed by atoms with Crippen LogP contribution >= 0.6 is 0 Å². The molecule has 1 heterocycles. The normalized spacial score (nSPS) is 33.8. The minimum Gasteiger partial charge on any atom is -0.381 e. The number of ether oxygens (including phenoxy) is 1. The molecule has 2 rings (SSSR count). The first kappa shape index (κ1) is 11.4. The first-order valence-corrected chi connectivity index (χ1v) is 6.59. The zero-order chi connectivity index (χ0) is 10.7. The van der Waals surface area contributed by atoms with Crippen molar-refractivity contribution in [1.29, 1.82) is 0 Å². The average molecular weight is 211 g/mol. The van der Waals surface area contributed by atoms with Gasteiger partial charge in [0.25, 0.3) is 0 Å². The van der Waals surface area contributed by atoms with Gasteiger partial charge >= 0.3 is 0 Å². The van der Waals surface area contributed by atoms with E-state index in [0.29, 0.717) is 0 Å². The summed E-state index contributed by atoms with van der Waals surface area (Å²) in [6.07, 6.45) is 6.64.